The smallest absolute Gasteiger partial charge is 0.126 e. The first kappa shape index (κ1) is 13.8. The maximum Gasteiger partial charge on any atom is 0.126 e. The van der Waals surface area contributed by atoms with Gasteiger partial charge >= 0.3 is 0 Å². The zero-order valence-corrected chi connectivity index (χ0v) is 11.6. The number of hydrazine groups is 1. The molecule has 1 unspecified atom stereocenters. The van der Waals surface area contributed by atoms with Gasteiger partial charge in [-0.3, -0.25) is 11.3 Å². The van der Waals surface area contributed by atoms with Crippen molar-refractivity contribution in [2.45, 2.75) is 12.5 Å². The maximum absolute atomic E-state index is 13.6. The second kappa shape index (κ2) is 5.99. The van der Waals surface area contributed by atoms with Crippen molar-refractivity contribution in [3.63, 3.8) is 0 Å². The SMILES string of the molecule is NNC(Cc1ccccc1F)c1cc(Cl)sc1Cl. The molecule has 0 spiro atoms. The first-order valence-corrected chi connectivity index (χ1v) is 6.83. The number of nitrogens with one attached hydrogen (secondary N) is 1. The van der Waals surface area contributed by atoms with Crippen LogP contribution in [0, 0.1) is 5.82 Å². The van der Waals surface area contributed by atoms with Gasteiger partial charge in [-0.05, 0) is 24.1 Å². The Morgan fingerprint density at radius 3 is 2.61 bits per heavy atom. The second-order valence-corrected chi connectivity index (χ2v) is 6.08. The Morgan fingerprint density at radius 2 is 2.06 bits per heavy atom. The number of halogens is 3. The minimum atomic E-state index is -0.266. The maximum atomic E-state index is 13.6. The van der Waals surface area contributed by atoms with Crippen molar-refractivity contribution >= 4 is 34.5 Å². The number of rotatable bonds is 4. The van der Waals surface area contributed by atoms with Crippen LogP contribution in [0.4, 0.5) is 4.39 Å². The van der Waals surface area contributed by atoms with Crippen molar-refractivity contribution in [1.82, 2.24) is 5.43 Å². The third-order valence-electron chi connectivity index (χ3n) is 2.64. The quantitative estimate of drug-likeness (QED) is 0.663. The molecule has 0 saturated heterocycles. The fourth-order valence-corrected chi connectivity index (χ4v) is 3.31. The summed E-state index contributed by atoms with van der Waals surface area (Å²) in [6.07, 6.45) is 0.413. The van der Waals surface area contributed by atoms with Gasteiger partial charge in [0.1, 0.15) is 5.82 Å². The first-order chi connectivity index (χ1) is 8.61. The van der Waals surface area contributed by atoms with Crippen LogP contribution in [0.15, 0.2) is 30.3 Å². The lowest BCUT2D eigenvalue weighted by molar-refractivity contribution is 0.530. The van der Waals surface area contributed by atoms with Gasteiger partial charge < -0.3 is 0 Å². The minimum Gasteiger partial charge on any atom is -0.271 e. The molecule has 0 amide bonds. The summed E-state index contributed by atoms with van der Waals surface area (Å²) in [5.74, 6) is 5.26. The van der Waals surface area contributed by atoms with Crippen molar-refractivity contribution in [3.8, 4) is 0 Å². The van der Waals surface area contributed by atoms with Crippen LogP contribution in [-0.2, 0) is 6.42 Å². The molecule has 0 aliphatic heterocycles. The van der Waals surface area contributed by atoms with E-state index in [9.17, 15) is 4.39 Å². The lowest BCUT2D eigenvalue weighted by Gasteiger charge is -2.15. The van der Waals surface area contributed by atoms with Crippen LogP contribution in [0.5, 0.6) is 0 Å². The van der Waals surface area contributed by atoms with E-state index < -0.39 is 0 Å². The molecule has 0 aliphatic rings. The van der Waals surface area contributed by atoms with Crippen LogP contribution in [0.25, 0.3) is 0 Å². The van der Waals surface area contributed by atoms with Gasteiger partial charge in [-0.1, -0.05) is 41.4 Å². The summed E-state index contributed by atoms with van der Waals surface area (Å²) in [4.78, 5) is 0. The van der Waals surface area contributed by atoms with Crippen LogP contribution < -0.4 is 11.3 Å². The van der Waals surface area contributed by atoms with Gasteiger partial charge in [0.25, 0.3) is 0 Å². The van der Waals surface area contributed by atoms with Crippen LogP contribution >= 0.6 is 34.5 Å². The summed E-state index contributed by atoms with van der Waals surface area (Å²) in [7, 11) is 0. The highest BCUT2D eigenvalue weighted by molar-refractivity contribution is 7.20. The molecular weight excluding hydrogens is 294 g/mol. The average Bonchev–Trinajstić information content (AvgIpc) is 2.67. The van der Waals surface area contributed by atoms with Gasteiger partial charge in [-0.25, -0.2) is 4.39 Å². The van der Waals surface area contributed by atoms with E-state index in [2.05, 4.69) is 5.43 Å². The first-order valence-electron chi connectivity index (χ1n) is 5.26. The van der Waals surface area contributed by atoms with Crippen molar-refractivity contribution in [3.05, 3.63) is 55.9 Å². The molecule has 1 atom stereocenters. The predicted molar refractivity (Wildman–Crippen MR) is 74.5 cm³/mol. The largest absolute Gasteiger partial charge is 0.271 e. The summed E-state index contributed by atoms with van der Waals surface area (Å²) in [6.45, 7) is 0. The van der Waals surface area contributed by atoms with Crippen molar-refractivity contribution in [2.24, 2.45) is 5.84 Å². The summed E-state index contributed by atoms with van der Waals surface area (Å²) in [5.41, 5.74) is 4.02. The Labute approximate surface area is 118 Å². The monoisotopic (exact) mass is 304 g/mol. The minimum absolute atomic E-state index is 0.254. The summed E-state index contributed by atoms with van der Waals surface area (Å²) in [5, 5.41) is 0. The second-order valence-electron chi connectivity index (χ2n) is 3.79. The molecule has 6 heteroatoms. The normalized spacial score (nSPS) is 12.7. The van der Waals surface area contributed by atoms with Crippen molar-refractivity contribution in [1.29, 1.82) is 0 Å². The molecular formula is C12H11Cl2FN2S. The third-order valence-corrected chi connectivity index (χ3v) is 4.16. The third kappa shape index (κ3) is 3.02. The van der Waals surface area contributed by atoms with Gasteiger partial charge in [0.2, 0.25) is 0 Å². The van der Waals surface area contributed by atoms with Crippen LogP contribution in [-0.4, -0.2) is 0 Å². The predicted octanol–water partition coefficient (Wildman–Crippen LogP) is 3.94. The van der Waals surface area contributed by atoms with Crippen LogP contribution in [0.3, 0.4) is 0 Å². The highest BCUT2D eigenvalue weighted by atomic mass is 35.5. The topological polar surface area (TPSA) is 38.0 Å². The Kier molecular flexibility index (Phi) is 4.59. The molecule has 3 N–H and O–H groups in total. The summed E-state index contributed by atoms with van der Waals surface area (Å²) < 4.78 is 14.7. The molecule has 0 aliphatic carbocycles. The standard InChI is InChI=1S/C12H11Cl2FN2S/c13-11-6-8(12(14)18-11)10(17-16)5-7-3-1-2-4-9(7)15/h1-4,6,10,17H,5,16H2. The van der Waals surface area contributed by atoms with E-state index in [-0.39, 0.29) is 11.9 Å². The number of benzene rings is 1. The van der Waals surface area contributed by atoms with E-state index in [0.717, 1.165) is 5.56 Å². The fourth-order valence-electron chi connectivity index (χ4n) is 1.73. The van der Waals surface area contributed by atoms with Crippen molar-refractivity contribution < 1.29 is 4.39 Å². The zero-order valence-electron chi connectivity index (χ0n) is 9.29. The zero-order chi connectivity index (χ0) is 13.1. The molecule has 2 aromatic rings. The Balaban J connectivity index is 2.25. The average molecular weight is 305 g/mol. The number of hydrogen-bond donors (Lipinski definition) is 2. The van der Waals surface area contributed by atoms with E-state index in [1.165, 1.54) is 17.4 Å². The van der Waals surface area contributed by atoms with Crippen LogP contribution in [0.2, 0.25) is 8.67 Å². The molecule has 0 bridgehead atoms. The van der Waals surface area contributed by atoms with E-state index in [4.69, 9.17) is 29.0 Å². The van der Waals surface area contributed by atoms with Gasteiger partial charge in [0, 0.05) is 5.56 Å². The van der Waals surface area contributed by atoms with E-state index in [1.807, 2.05) is 0 Å². The van der Waals surface area contributed by atoms with E-state index in [0.29, 0.717) is 20.7 Å². The molecule has 96 valence electrons. The molecule has 1 aromatic carbocycles. The van der Waals surface area contributed by atoms with Crippen molar-refractivity contribution in [2.75, 3.05) is 0 Å². The fraction of sp³-hybridized carbons (Fsp3) is 0.167. The Hall–Kier alpha value is -0.650. The molecule has 0 radical (unpaired) electrons. The lowest BCUT2D eigenvalue weighted by atomic mass is 10.0. The molecule has 1 aromatic heterocycles. The molecule has 1 heterocycles. The molecule has 0 saturated carbocycles. The van der Waals surface area contributed by atoms with Gasteiger partial charge in [-0.2, -0.15) is 0 Å². The van der Waals surface area contributed by atoms with Gasteiger partial charge in [0.15, 0.2) is 0 Å². The summed E-state index contributed by atoms with van der Waals surface area (Å²) >= 11 is 13.2. The number of hydrogen-bond acceptors (Lipinski definition) is 3. The molecule has 18 heavy (non-hydrogen) atoms. The Morgan fingerprint density at radius 1 is 1.33 bits per heavy atom. The van der Waals surface area contributed by atoms with E-state index in [1.54, 1.807) is 24.3 Å². The highest BCUT2D eigenvalue weighted by Gasteiger charge is 2.18. The molecule has 2 nitrogen and oxygen atoms in total. The summed E-state index contributed by atoms with van der Waals surface area (Å²) in [6, 6.07) is 8.07. The van der Waals surface area contributed by atoms with Gasteiger partial charge in [0.05, 0.1) is 14.7 Å². The van der Waals surface area contributed by atoms with Crippen LogP contribution in [0.1, 0.15) is 17.2 Å². The highest BCUT2D eigenvalue weighted by Crippen LogP contribution is 2.36. The number of thiophene rings is 1. The molecule has 0 fully saturated rings. The van der Waals surface area contributed by atoms with E-state index >= 15 is 0 Å². The van der Waals surface area contributed by atoms with Gasteiger partial charge in [-0.15, -0.1) is 11.3 Å². The number of nitrogens with two attached hydrogens (primary N) is 1. The molecule has 2 rings (SSSR count). The Bertz CT molecular complexity index is 545. The lowest BCUT2D eigenvalue weighted by Crippen LogP contribution is -2.29.